The summed E-state index contributed by atoms with van der Waals surface area (Å²) >= 11 is 0. The second-order valence-corrected chi connectivity index (χ2v) is 18.4. The maximum atomic E-state index is 6.50. The highest BCUT2D eigenvalue weighted by Crippen LogP contribution is 2.46. The Morgan fingerprint density at radius 3 is 1.49 bits per heavy atom. The Balaban J connectivity index is 0.866. The molecule has 2 heterocycles. The number of para-hydroxylation sites is 6. The predicted molar refractivity (Wildman–Crippen MR) is 299 cm³/mol. The summed E-state index contributed by atoms with van der Waals surface area (Å²) in [4.78, 5) is 2.41. The largest absolute Gasteiger partial charge is 0.455 e. The summed E-state index contributed by atoms with van der Waals surface area (Å²) in [6.07, 6.45) is 0. The molecule has 0 aliphatic heterocycles. The summed E-state index contributed by atoms with van der Waals surface area (Å²) in [7, 11) is 0. The first kappa shape index (κ1) is 40.6. The van der Waals surface area contributed by atoms with Crippen molar-refractivity contribution in [3.63, 3.8) is 0 Å². The van der Waals surface area contributed by atoms with E-state index in [4.69, 9.17) is 4.42 Å². The number of hydrogen-bond acceptors (Lipinski definition) is 2. The van der Waals surface area contributed by atoms with Crippen molar-refractivity contribution < 1.29 is 4.42 Å². The number of benzene rings is 12. The van der Waals surface area contributed by atoms with Gasteiger partial charge in [-0.15, -0.1) is 0 Å². The number of nitrogens with zero attached hydrogens (tertiary/aromatic N) is 2. The second-order valence-electron chi connectivity index (χ2n) is 18.4. The van der Waals surface area contributed by atoms with E-state index in [0.717, 1.165) is 66.8 Å². The number of furan rings is 1. The van der Waals surface area contributed by atoms with Gasteiger partial charge in [-0.05, 0) is 110 Å². The average molecular weight is 905 g/mol. The van der Waals surface area contributed by atoms with Crippen LogP contribution in [0.5, 0.6) is 0 Å². The van der Waals surface area contributed by atoms with E-state index in [2.05, 4.69) is 264 Å². The lowest BCUT2D eigenvalue weighted by Gasteiger charge is -2.28. The SMILES string of the molecule is c1ccc(N(c2ccc(-c3ccc(-c4ccccc4-n4c5ccccc5c5ccccc54)cc3)cc2)c2ccc(-c3cccc4c3oc3ccccc34)cc2)c(-c2cc3ccccc3c3ccccc23)c1. The van der Waals surface area contributed by atoms with Gasteiger partial charge in [-0.3, -0.25) is 0 Å². The van der Waals surface area contributed by atoms with Gasteiger partial charge in [0.05, 0.1) is 22.4 Å². The predicted octanol–water partition coefficient (Wildman–Crippen LogP) is 19.1. The molecule has 332 valence electrons. The van der Waals surface area contributed by atoms with E-state index in [-0.39, 0.29) is 0 Å². The summed E-state index contributed by atoms with van der Waals surface area (Å²) < 4.78 is 8.91. The first-order valence-corrected chi connectivity index (χ1v) is 24.3. The fourth-order valence-electron chi connectivity index (χ4n) is 11.1. The van der Waals surface area contributed by atoms with Crippen LogP contribution in [0.4, 0.5) is 17.1 Å². The molecule has 0 N–H and O–H groups in total. The van der Waals surface area contributed by atoms with Crippen LogP contribution in [-0.4, -0.2) is 4.57 Å². The van der Waals surface area contributed by atoms with E-state index in [1.165, 1.54) is 65.7 Å². The van der Waals surface area contributed by atoms with Crippen molar-refractivity contribution in [3.05, 3.63) is 267 Å². The van der Waals surface area contributed by atoms with E-state index in [1.807, 2.05) is 12.1 Å². The third-order valence-corrected chi connectivity index (χ3v) is 14.4. The minimum Gasteiger partial charge on any atom is -0.455 e. The standard InChI is InChI=1S/C68H44N2O/c1-2-17-52-49(16-1)44-62(56-20-4-3-19-55(52)56)59-23-8-11-28-64(59)69(51-42-38-48(39-43-51)54-25-15-26-61-60-24-9-14-31-67(60)71-68(54)61)50-40-36-46(37-41-50)45-32-34-47(35-33-45)53-18-5-10-27-63(53)70-65-29-12-6-21-57(65)58-22-7-13-30-66(58)70/h1-44H. The highest BCUT2D eigenvalue weighted by Gasteiger charge is 2.21. The Bertz CT molecular complexity index is 4280. The van der Waals surface area contributed by atoms with Crippen LogP contribution in [0.3, 0.4) is 0 Å². The van der Waals surface area contributed by atoms with Gasteiger partial charge in [-0.2, -0.15) is 0 Å². The molecule has 0 atom stereocenters. The van der Waals surface area contributed by atoms with Gasteiger partial charge in [0.15, 0.2) is 0 Å². The quantitative estimate of drug-likeness (QED) is 0.142. The first-order chi connectivity index (χ1) is 35.2. The summed E-state index contributed by atoms with van der Waals surface area (Å²) in [6.45, 7) is 0. The van der Waals surface area contributed by atoms with Crippen LogP contribution >= 0.6 is 0 Å². The Morgan fingerprint density at radius 2 is 0.775 bits per heavy atom. The molecule has 71 heavy (non-hydrogen) atoms. The van der Waals surface area contributed by atoms with Gasteiger partial charge >= 0.3 is 0 Å². The van der Waals surface area contributed by atoms with Gasteiger partial charge in [0.25, 0.3) is 0 Å². The molecule has 3 nitrogen and oxygen atoms in total. The number of hydrogen-bond donors (Lipinski definition) is 0. The lowest BCUT2D eigenvalue weighted by atomic mass is 9.92. The fourth-order valence-corrected chi connectivity index (χ4v) is 11.1. The number of anilines is 3. The molecule has 0 aliphatic rings. The number of aromatic nitrogens is 1. The molecule has 14 rings (SSSR count). The van der Waals surface area contributed by atoms with Gasteiger partial charge in [0.2, 0.25) is 0 Å². The highest BCUT2D eigenvalue weighted by molar-refractivity contribution is 6.15. The van der Waals surface area contributed by atoms with Crippen LogP contribution in [-0.2, 0) is 0 Å². The number of fused-ring (bicyclic) bond motifs is 9. The van der Waals surface area contributed by atoms with E-state index in [9.17, 15) is 0 Å². The maximum Gasteiger partial charge on any atom is 0.143 e. The van der Waals surface area contributed by atoms with Crippen molar-refractivity contribution >= 4 is 82.4 Å². The lowest BCUT2D eigenvalue weighted by Crippen LogP contribution is -2.11. The molecule has 0 unspecified atom stereocenters. The van der Waals surface area contributed by atoms with Crippen molar-refractivity contribution in [1.82, 2.24) is 4.57 Å². The molecule has 0 saturated heterocycles. The molecule has 12 aromatic carbocycles. The van der Waals surface area contributed by atoms with Gasteiger partial charge in [-0.25, -0.2) is 0 Å². The molecule has 0 aliphatic carbocycles. The zero-order valence-electron chi connectivity index (χ0n) is 38.7. The van der Waals surface area contributed by atoms with E-state index < -0.39 is 0 Å². The molecule has 0 amide bonds. The summed E-state index contributed by atoms with van der Waals surface area (Å²) in [5.41, 5.74) is 17.8. The van der Waals surface area contributed by atoms with Gasteiger partial charge < -0.3 is 13.9 Å². The van der Waals surface area contributed by atoms with Crippen LogP contribution < -0.4 is 4.90 Å². The molecule has 0 radical (unpaired) electrons. The normalized spacial score (nSPS) is 11.7. The van der Waals surface area contributed by atoms with Crippen molar-refractivity contribution in [2.75, 3.05) is 4.90 Å². The topological polar surface area (TPSA) is 21.3 Å². The molecule has 0 bridgehead atoms. The first-order valence-electron chi connectivity index (χ1n) is 24.3. The number of rotatable bonds is 8. The lowest BCUT2D eigenvalue weighted by molar-refractivity contribution is 0.670. The molecular formula is C68H44N2O. The highest BCUT2D eigenvalue weighted by atomic mass is 16.3. The zero-order valence-corrected chi connectivity index (χ0v) is 38.7. The van der Waals surface area contributed by atoms with Crippen molar-refractivity contribution in [3.8, 4) is 50.2 Å². The molecular weight excluding hydrogens is 861 g/mol. The summed E-state index contributed by atoms with van der Waals surface area (Å²) in [5.74, 6) is 0. The molecule has 0 saturated carbocycles. The van der Waals surface area contributed by atoms with Crippen LogP contribution in [0, 0.1) is 0 Å². The van der Waals surface area contributed by atoms with Crippen LogP contribution in [0.15, 0.2) is 271 Å². The van der Waals surface area contributed by atoms with Crippen LogP contribution in [0.2, 0.25) is 0 Å². The zero-order chi connectivity index (χ0) is 46.8. The Morgan fingerprint density at radius 1 is 0.296 bits per heavy atom. The minimum atomic E-state index is 0.899. The maximum absolute atomic E-state index is 6.50. The van der Waals surface area contributed by atoms with E-state index in [1.54, 1.807) is 0 Å². The van der Waals surface area contributed by atoms with Crippen molar-refractivity contribution in [2.45, 2.75) is 0 Å². The minimum absolute atomic E-state index is 0.899. The van der Waals surface area contributed by atoms with E-state index >= 15 is 0 Å². The fraction of sp³-hybridized carbons (Fsp3) is 0. The van der Waals surface area contributed by atoms with Crippen molar-refractivity contribution in [1.29, 1.82) is 0 Å². The van der Waals surface area contributed by atoms with Gasteiger partial charge in [-0.1, -0.05) is 206 Å². The third kappa shape index (κ3) is 6.74. The molecule has 0 spiro atoms. The monoisotopic (exact) mass is 904 g/mol. The molecule has 2 aromatic heterocycles. The van der Waals surface area contributed by atoms with Crippen LogP contribution in [0.1, 0.15) is 0 Å². The van der Waals surface area contributed by atoms with Crippen molar-refractivity contribution in [2.24, 2.45) is 0 Å². The van der Waals surface area contributed by atoms with Gasteiger partial charge in [0.1, 0.15) is 11.2 Å². The third-order valence-electron chi connectivity index (χ3n) is 14.4. The van der Waals surface area contributed by atoms with E-state index in [0.29, 0.717) is 0 Å². The van der Waals surface area contributed by atoms with Gasteiger partial charge in [0, 0.05) is 49.6 Å². The van der Waals surface area contributed by atoms with Crippen LogP contribution in [0.25, 0.3) is 115 Å². The summed E-state index contributed by atoms with van der Waals surface area (Å²) in [5, 5.41) is 9.72. The Hall–Kier alpha value is -9.44. The average Bonchev–Trinajstić information content (AvgIpc) is 4.00. The molecule has 3 heteroatoms. The molecule has 0 fully saturated rings. The smallest absolute Gasteiger partial charge is 0.143 e. The second kappa shape index (κ2) is 16.7. The Kier molecular flexibility index (Phi) is 9.53. The summed E-state index contributed by atoms with van der Waals surface area (Å²) in [6, 6.07) is 96.7. The Labute approximate surface area is 411 Å². The molecule has 14 aromatic rings.